The molecule has 1 amide bonds. The second-order valence-electron chi connectivity index (χ2n) is 4.43. The lowest BCUT2D eigenvalue weighted by Crippen LogP contribution is -2.40. The molecule has 4 heteroatoms. The van der Waals surface area contributed by atoms with Crippen LogP contribution in [0, 0.1) is 0 Å². The van der Waals surface area contributed by atoms with Gasteiger partial charge in [-0.05, 0) is 31.6 Å². The van der Waals surface area contributed by atoms with Crippen LogP contribution in [0.4, 0.5) is 0 Å². The minimum absolute atomic E-state index is 0.0290. The lowest BCUT2D eigenvalue weighted by molar-refractivity contribution is -0.130. The second-order valence-corrected chi connectivity index (χ2v) is 4.82. The summed E-state index contributed by atoms with van der Waals surface area (Å²) >= 11 is 5.16. The molecule has 1 saturated heterocycles. The van der Waals surface area contributed by atoms with E-state index in [1.165, 1.54) is 0 Å². The highest BCUT2D eigenvalue weighted by atomic mass is 32.1. The number of amides is 1. The molecule has 1 aromatic carbocycles. The molecule has 0 radical (unpaired) electrons. The first kappa shape index (κ1) is 11.1. The first-order chi connectivity index (χ1) is 7.50. The fourth-order valence-electron chi connectivity index (χ4n) is 1.73. The Morgan fingerprint density at radius 3 is 2.44 bits per heavy atom. The maximum atomic E-state index is 12.0. The largest absolute Gasteiger partial charge is 0.348 e. The molecular weight excluding hydrogens is 220 g/mol. The molecule has 0 spiro atoms. The van der Waals surface area contributed by atoms with Crippen molar-refractivity contribution in [2.75, 3.05) is 0 Å². The Balaban J connectivity index is 2.18. The summed E-state index contributed by atoms with van der Waals surface area (Å²) in [5.41, 5.74) is 0.504. The van der Waals surface area contributed by atoms with Crippen molar-refractivity contribution in [3.8, 4) is 0 Å². The minimum Gasteiger partial charge on any atom is -0.348 e. The van der Waals surface area contributed by atoms with Crippen LogP contribution in [0.3, 0.4) is 0 Å². The van der Waals surface area contributed by atoms with E-state index in [0.717, 1.165) is 5.56 Å². The summed E-state index contributed by atoms with van der Waals surface area (Å²) in [7, 11) is 0. The molecule has 1 aliphatic rings. The average Bonchev–Trinajstić information content (AvgIpc) is 2.42. The van der Waals surface area contributed by atoms with Crippen molar-refractivity contribution in [3.05, 3.63) is 35.9 Å². The van der Waals surface area contributed by atoms with E-state index in [4.69, 9.17) is 12.2 Å². The van der Waals surface area contributed by atoms with Gasteiger partial charge in [0.2, 0.25) is 0 Å². The summed E-state index contributed by atoms with van der Waals surface area (Å²) in [5.74, 6) is 0.0290. The zero-order valence-corrected chi connectivity index (χ0v) is 10.2. The molecule has 1 aromatic rings. The Kier molecular flexibility index (Phi) is 2.68. The van der Waals surface area contributed by atoms with Crippen molar-refractivity contribution in [2.24, 2.45) is 0 Å². The number of rotatable bonds is 2. The molecule has 3 nitrogen and oxygen atoms in total. The van der Waals surface area contributed by atoms with Crippen LogP contribution in [0.25, 0.3) is 0 Å². The molecule has 1 aliphatic heterocycles. The molecular formula is C12H14N2OS. The van der Waals surface area contributed by atoms with Crippen molar-refractivity contribution in [1.82, 2.24) is 10.2 Å². The van der Waals surface area contributed by atoms with Crippen molar-refractivity contribution in [1.29, 1.82) is 0 Å². The normalized spacial score (nSPS) is 18.8. The van der Waals surface area contributed by atoms with E-state index in [1.54, 1.807) is 4.90 Å². The fraction of sp³-hybridized carbons (Fsp3) is 0.333. The zero-order valence-electron chi connectivity index (χ0n) is 9.36. The molecule has 1 heterocycles. The number of carbonyl (C=O) groups is 1. The predicted molar refractivity (Wildman–Crippen MR) is 66.8 cm³/mol. The van der Waals surface area contributed by atoms with Crippen LogP contribution in [-0.2, 0) is 11.3 Å². The minimum atomic E-state index is -0.578. The monoisotopic (exact) mass is 234 g/mol. The zero-order chi connectivity index (χ0) is 11.8. The summed E-state index contributed by atoms with van der Waals surface area (Å²) in [6, 6.07) is 9.84. The smallest absolute Gasteiger partial charge is 0.254 e. The summed E-state index contributed by atoms with van der Waals surface area (Å²) in [6.45, 7) is 4.22. The maximum absolute atomic E-state index is 12.0. The maximum Gasteiger partial charge on any atom is 0.254 e. The molecule has 0 aliphatic carbocycles. The van der Waals surface area contributed by atoms with Crippen molar-refractivity contribution in [2.45, 2.75) is 25.9 Å². The van der Waals surface area contributed by atoms with Gasteiger partial charge in [0.25, 0.3) is 5.91 Å². The molecule has 1 N–H and O–H groups in total. The predicted octanol–water partition coefficient (Wildman–Crippen LogP) is 1.68. The van der Waals surface area contributed by atoms with Gasteiger partial charge < -0.3 is 5.32 Å². The molecule has 0 unspecified atom stereocenters. The van der Waals surface area contributed by atoms with Crippen molar-refractivity contribution in [3.63, 3.8) is 0 Å². The summed E-state index contributed by atoms with van der Waals surface area (Å²) in [6.07, 6.45) is 0. The van der Waals surface area contributed by atoms with Crippen LogP contribution in [0.15, 0.2) is 30.3 Å². The van der Waals surface area contributed by atoms with E-state index in [-0.39, 0.29) is 5.91 Å². The Morgan fingerprint density at radius 2 is 1.94 bits per heavy atom. The van der Waals surface area contributed by atoms with Crippen LogP contribution < -0.4 is 5.32 Å². The molecule has 0 saturated carbocycles. The van der Waals surface area contributed by atoms with Crippen LogP contribution in [0.2, 0.25) is 0 Å². The standard InChI is InChI=1S/C12H14N2OS/c1-12(2)10(15)14(11(16)13-12)8-9-6-4-3-5-7-9/h3-7H,8H2,1-2H3,(H,13,16). The highest BCUT2D eigenvalue weighted by molar-refractivity contribution is 7.80. The van der Waals surface area contributed by atoms with Crippen LogP contribution >= 0.6 is 12.2 Å². The lowest BCUT2D eigenvalue weighted by atomic mass is 10.1. The van der Waals surface area contributed by atoms with Gasteiger partial charge >= 0.3 is 0 Å². The van der Waals surface area contributed by atoms with Gasteiger partial charge in [-0.15, -0.1) is 0 Å². The molecule has 0 aromatic heterocycles. The number of nitrogens with zero attached hydrogens (tertiary/aromatic N) is 1. The van der Waals surface area contributed by atoms with Crippen molar-refractivity contribution >= 4 is 23.2 Å². The Bertz CT molecular complexity index is 428. The highest BCUT2D eigenvalue weighted by Gasteiger charge is 2.41. The van der Waals surface area contributed by atoms with E-state index < -0.39 is 5.54 Å². The molecule has 0 atom stereocenters. The fourth-order valence-corrected chi connectivity index (χ4v) is 2.13. The van der Waals surface area contributed by atoms with E-state index in [1.807, 2.05) is 44.2 Å². The third kappa shape index (κ3) is 1.93. The number of benzene rings is 1. The van der Waals surface area contributed by atoms with Gasteiger partial charge in [0, 0.05) is 0 Å². The number of carbonyl (C=O) groups excluding carboxylic acids is 1. The third-order valence-electron chi connectivity index (χ3n) is 2.63. The number of nitrogens with one attached hydrogen (secondary N) is 1. The van der Waals surface area contributed by atoms with Gasteiger partial charge in [-0.3, -0.25) is 9.69 Å². The molecule has 0 bridgehead atoms. The topological polar surface area (TPSA) is 32.3 Å². The molecule has 84 valence electrons. The third-order valence-corrected chi connectivity index (χ3v) is 2.95. The molecule has 16 heavy (non-hydrogen) atoms. The van der Waals surface area contributed by atoms with Gasteiger partial charge in [0.15, 0.2) is 5.11 Å². The number of hydrogen-bond donors (Lipinski definition) is 1. The number of thiocarbonyl (C=S) groups is 1. The van der Waals surface area contributed by atoms with Crippen molar-refractivity contribution < 1.29 is 4.79 Å². The summed E-state index contributed by atoms with van der Waals surface area (Å²) in [5, 5.41) is 3.53. The SMILES string of the molecule is CC1(C)NC(=S)N(Cc2ccccc2)C1=O. The summed E-state index contributed by atoms with van der Waals surface area (Å²) in [4.78, 5) is 13.6. The van der Waals surface area contributed by atoms with E-state index in [0.29, 0.717) is 11.7 Å². The summed E-state index contributed by atoms with van der Waals surface area (Å²) < 4.78 is 0. The lowest BCUT2D eigenvalue weighted by Gasteiger charge is -2.16. The Hall–Kier alpha value is -1.42. The van der Waals surface area contributed by atoms with Crippen LogP contribution in [0.1, 0.15) is 19.4 Å². The Morgan fingerprint density at radius 1 is 1.31 bits per heavy atom. The Labute approximate surface area is 100 Å². The first-order valence-corrected chi connectivity index (χ1v) is 5.59. The van der Waals surface area contributed by atoms with Gasteiger partial charge in [0.1, 0.15) is 5.54 Å². The quantitative estimate of drug-likeness (QED) is 0.790. The van der Waals surface area contributed by atoms with Gasteiger partial charge in [-0.1, -0.05) is 30.3 Å². The second kappa shape index (κ2) is 3.87. The van der Waals surface area contributed by atoms with Gasteiger partial charge in [-0.2, -0.15) is 0 Å². The van der Waals surface area contributed by atoms with Crippen LogP contribution in [-0.4, -0.2) is 21.5 Å². The molecule has 1 fully saturated rings. The van der Waals surface area contributed by atoms with Gasteiger partial charge in [0.05, 0.1) is 6.54 Å². The van der Waals surface area contributed by atoms with E-state index >= 15 is 0 Å². The number of hydrogen-bond acceptors (Lipinski definition) is 2. The first-order valence-electron chi connectivity index (χ1n) is 5.19. The van der Waals surface area contributed by atoms with E-state index in [2.05, 4.69) is 5.32 Å². The molecule has 2 rings (SSSR count). The van der Waals surface area contributed by atoms with Gasteiger partial charge in [-0.25, -0.2) is 0 Å². The van der Waals surface area contributed by atoms with Crippen LogP contribution in [0.5, 0.6) is 0 Å². The highest BCUT2D eigenvalue weighted by Crippen LogP contribution is 2.19. The average molecular weight is 234 g/mol. The van der Waals surface area contributed by atoms with E-state index in [9.17, 15) is 4.79 Å².